The predicted octanol–water partition coefficient (Wildman–Crippen LogP) is 1.59. The van der Waals surface area contributed by atoms with Crippen molar-refractivity contribution >= 4 is 5.91 Å². The van der Waals surface area contributed by atoms with E-state index in [1.54, 1.807) is 6.20 Å². The maximum atomic E-state index is 12.4. The largest absolute Gasteiger partial charge is 0.339 e. The summed E-state index contributed by atoms with van der Waals surface area (Å²) in [4.78, 5) is 18.4. The molecule has 2 heterocycles. The normalized spacial score (nSPS) is 18.7. The first kappa shape index (κ1) is 13.0. The number of hydrogen-bond acceptors (Lipinski definition) is 3. The molecule has 0 spiro atoms. The van der Waals surface area contributed by atoms with Crippen molar-refractivity contribution in [2.24, 2.45) is 11.7 Å². The molecular formula is C14H21N3O. The molecule has 0 radical (unpaired) electrons. The van der Waals surface area contributed by atoms with Gasteiger partial charge >= 0.3 is 0 Å². The number of nitrogens with zero attached hydrogens (tertiary/aromatic N) is 2. The van der Waals surface area contributed by atoms with Gasteiger partial charge in [0.05, 0.1) is 5.56 Å². The van der Waals surface area contributed by atoms with Crippen LogP contribution in [0.5, 0.6) is 0 Å². The van der Waals surface area contributed by atoms with Crippen LogP contribution in [0, 0.1) is 12.8 Å². The standard InChI is InChI=1S/C14H21N3O/c1-10(15)12-5-8-17(9-6-12)14(18)13-4-3-7-16-11(13)2/h3-4,7,10,12H,5-6,8-9,15H2,1-2H3. The first-order valence-corrected chi connectivity index (χ1v) is 6.56. The minimum Gasteiger partial charge on any atom is -0.339 e. The number of likely N-dealkylation sites (tertiary alicyclic amines) is 1. The van der Waals surface area contributed by atoms with E-state index in [1.165, 1.54) is 0 Å². The first-order chi connectivity index (χ1) is 8.59. The Balaban J connectivity index is 2.02. The molecule has 1 aromatic heterocycles. The summed E-state index contributed by atoms with van der Waals surface area (Å²) >= 11 is 0. The number of hydrogen-bond donors (Lipinski definition) is 1. The van der Waals surface area contributed by atoms with Gasteiger partial charge in [0.15, 0.2) is 0 Å². The molecule has 4 heteroatoms. The van der Waals surface area contributed by atoms with E-state index in [2.05, 4.69) is 4.98 Å². The zero-order valence-electron chi connectivity index (χ0n) is 11.1. The Bertz CT molecular complexity index is 423. The molecule has 1 aliphatic heterocycles. The molecular weight excluding hydrogens is 226 g/mol. The number of nitrogens with two attached hydrogens (primary N) is 1. The molecule has 1 aliphatic rings. The van der Waals surface area contributed by atoms with E-state index in [4.69, 9.17) is 5.73 Å². The minimum atomic E-state index is 0.101. The number of aromatic nitrogens is 1. The van der Waals surface area contributed by atoms with Crippen LogP contribution in [0.25, 0.3) is 0 Å². The van der Waals surface area contributed by atoms with Crippen molar-refractivity contribution in [2.45, 2.75) is 32.7 Å². The summed E-state index contributed by atoms with van der Waals surface area (Å²) in [6.45, 7) is 5.54. The fraction of sp³-hybridized carbons (Fsp3) is 0.571. The number of rotatable bonds is 2. The van der Waals surface area contributed by atoms with Crippen LogP contribution in [0.15, 0.2) is 18.3 Å². The predicted molar refractivity (Wildman–Crippen MR) is 71.3 cm³/mol. The fourth-order valence-corrected chi connectivity index (χ4v) is 2.51. The number of carbonyl (C=O) groups excluding carboxylic acids is 1. The van der Waals surface area contributed by atoms with Crippen LogP contribution >= 0.6 is 0 Å². The summed E-state index contributed by atoms with van der Waals surface area (Å²) in [7, 11) is 0. The van der Waals surface area contributed by atoms with E-state index in [9.17, 15) is 4.79 Å². The van der Waals surface area contributed by atoms with Crippen LogP contribution in [0.4, 0.5) is 0 Å². The molecule has 0 aromatic carbocycles. The van der Waals surface area contributed by atoms with Crippen LogP contribution < -0.4 is 5.73 Å². The van der Waals surface area contributed by atoms with Gasteiger partial charge in [-0.15, -0.1) is 0 Å². The van der Waals surface area contributed by atoms with Gasteiger partial charge in [0, 0.05) is 31.0 Å². The number of carbonyl (C=O) groups is 1. The van der Waals surface area contributed by atoms with E-state index in [0.717, 1.165) is 37.2 Å². The Morgan fingerprint density at radius 1 is 1.50 bits per heavy atom. The molecule has 0 aliphatic carbocycles. The molecule has 98 valence electrons. The maximum absolute atomic E-state index is 12.4. The van der Waals surface area contributed by atoms with E-state index < -0.39 is 0 Å². The monoisotopic (exact) mass is 247 g/mol. The second-order valence-corrected chi connectivity index (χ2v) is 5.13. The van der Waals surface area contributed by atoms with Crippen LogP contribution in [-0.4, -0.2) is 34.9 Å². The van der Waals surface area contributed by atoms with Crippen molar-refractivity contribution in [2.75, 3.05) is 13.1 Å². The third kappa shape index (κ3) is 2.70. The van der Waals surface area contributed by atoms with Gasteiger partial charge in [0.25, 0.3) is 5.91 Å². The van der Waals surface area contributed by atoms with Crippen LogP contribution in [0.3, 0.4) is 0 Å². The molecule has 2 N–H and O–H groups in total. The fourth-order valence-electron chi connectivity index (χ4n) is 2.51. The topological polar surface area (TPSA) is 59.2 Å². The molecule has 1 aromatic rings. The first-order valence-electron chi connectivity index (χ1n) is 6.56. The van der Waals surface area contributed by atoms with Crippen LogP contribution in [0.2, 0.25) is 0 Å². The van der Waals surface area contributed by atoms with Gasteiger partial charge in [-0.05, 0) is 44.7 Å². The highest BCUT2D eigenvalue weighted by atomic mass is 16.2. The summed E-state index contributed by atoms with van der Waals surface area (Å²) < 4.78 is 0. The Hall–Kier alpha value is -1.42. The maximum Gasteiger partial charge on any atom is 0.255 e. The molecule has 18 heavy (non-hydrogen) atoms. The number of pyridine rings is 1. The van der Waals surface area contributed by atoms with Gasteiger partial charge in [-0.3, -0.25) is 9.78 Å². The van der Waals surface area contributed by atoms with Crippen molar-refractivity contribution in [3.05, 3.63) is 29.6 Å². The van der Waals surface area contributed by atoms with Crippen molar-refractivity contribution in [1.82, 2.24) is 9.88 Å². The zero-order chi connectivity index (χ0) is 13.1. The van der Waals surface area contributed by atoms with Crippen LogP contribution in [0.1, 0.15) is 35.8 Å². The van der Waals surface area contributed by atoms with Crippen molar-refractivity contribution in [3.63, 3.8) is 0 Å². The molecule has 1 fully saturated rings. The van der Waals surface area contributed by atoms with E-state index in [-0.39, 0.29) is 11.9 Å². The summed E-state index contributed by atoms with van der Waals surface area (Å²) in [6.07, 6.45) is 3.72. The van der Waals surface area contributed by atoms with Gasteiger partial charge < -0.3 is 10.6 Å². The van der Waals surface area contributed by atoms with E-state index in [1.807, 2.05) is 30.9 Å². The van der Waals surface area contributed by atoms with Crippen molar-refractivity contribution in [1.29, 1.82) is 0 Å². The molecule has 1 amide bonds. The molecule has 0 saturated carbocycles. The summed E-state index contributed by atoms with van der Waals surface area (Å²) in [5, 5.41) is 0. The Kier molecular flexibility index (Phi) is 3.97. The highest BCUT2D eigenvalue weighted by Crippen LogP contribution is 2.21. The summed E-state index contributed by atoms with van der Waals surface area (Å²) in [5.74, 6) is 0.646. The highest BCUT2D eigenvalue weighted by Gasteiger charge is 2.26. The zero-order valence-corrected chi connectivity index (χ0v) is 11.1. The van der Waals surface area contributed by atoms with Crippen molar-refractivity contribution < 1.29 is 4.79 Å². The molecule has 2 rings (SSSR count). The lowest BCUT2D eigenvalue weighted by Crippen LogP contribution is -2.42. The highest BCUT2D eigenvalue weighted by molar-refractivity contribution is 5.95. The second-order valence-electron chi connectivity index (χ2n) is 5.13. The number of amides is 1. The average molecular weight is 247 g/mol. The molecule has 1 unspecified atom stereocenters. The van der Waals surface area contributed by atoms with Gasteiger partial charge in [-0.1, -0.05) is 0 Å². The average Bonchev–Trinajstić information content (AvgIpc) is 2.38. The van der Waals surface area contributed by atoms with Gasteiger partial charge in [-0.25, -0.2) is 0 Å². The molecule has 1 atom stereocenters. The number of aryl methyl sites for hydroxylation is 1. The van der Waals surface area contributed by atoms with Crippen molar-refractivity contribution in [3.8, 4) is 0 Å². The van der Waals surface area contributed by atoms with Gasteiger partial charge in [0.2, 0.25) is 0 Å². The van der Waals surface area contributed by atoms with E-state index >= 15 is 0 Å². The smallest absolute Gasteiger partial charge is 0.255 e. The quantitative estimate of drug-likeness (QED) is 0.863. The van der Waals surface area contributed by atoms with E-state index in [0.29, 0.717) is 5.92 Å². The lowest BCUT2D eigenvalue weighted by molar-refractivity contribution is 0.0680. The third-order valence-corrected chi connectivity index (χ3v) is 3.81. The summed E-state index contributed by atoms with van der Waals surface area (Å²) in [6, 6.07) is 3.89. The lowest BCUT2D eigenvalue weighted by Gasteiger charge is -2.33. The number of piperidine rings is 1. The molecule has 4 nitrogen and oxygen atoms in total. The summed E-state index contributed by atoms with van der Waals surface area (Å²) in [5.41, 5.74) is 7.43. The molecule has 0 bridgehead atoms. The SMILES string of the molecule is Cc1ncccc1C(=O)N1CCC(C(C)N)CC1. The van der Waals surface area contributed by atoms with Gasteiger partial charge in [-0.2, -0.15) is 0 Å². The minimum absolute atomic E-state index is 0.101. The van der Waals surface area contributed by atoms with Gasteiger partial charge in [0.1, 0.15) is 0 Å². The second kappa shape index (κ2) is 5.48. The van der Waals surface area contributed by atoms with Crippen LogP contribution in [-0.2, 0) is 0 Å². The lowest BCUT2D eigenvalue weighted by atomic mass is 9.90. The Labute approximate surface area is 108 Å². The molecule has 1 saturated heterocycles. The Morgan fingerprint density at radius 2 is 2.17 bits per heavy atom. The Morgan fingerprint density at radius 3 is 2.72 bits per heavy atom. The third-order valence-electron chi connectivity index (χ3n) is 3.81.